The minimum absolute atomic E-state index is 0.195. The van der Waals surface area contributed by atoms with Gasteiger partial charge < -0.3 is 10.2 Å². The quantitative estimate of drug-likeness (QED) is 0.702. The molecule has 2 aromatic carbocycles. The van der Waals surface area contributed by atoms with Crippen molar-refractivity contribution in [3.05, 3.63) is 54.5 Å². The van der Waals surface area contributed by atoms with E-state index in [1.807, 2.05) is 0 Å². The Bertz CT molecular complexity index is 753. The van der Waals surface area contributed by atoms with Gasteiger partial charge in [0.05, 0.1) is 11.9 Å². The Kier molecular flexibility index (Phi) is 2.83. The van der Waals surface area contributed by atoms with E-state index in [4.69, 9.17) is 0 Å². The van der Waals surface area contributed by atoms with Crippen LogP contribution in [0.5, 0.6) is 11.5 Å². The molecule has 100 valence electrons. The summed E-state index contributed by atoms with van der Waals surface area (Å²) in [5.41, 5.74) is 1.83. The highest BCUT2D eigenvalue weighted by atomic mass is 19.1. The minimum Gasteiger partial charge on any atom is -0.504 e. The number of aromatic nitrogens is 3. The van der Waals surface area contributed by atoms with Crippen LogP contribution in [0.2, 0.25) is 0 Å². The lowest BCUT2D eigenvalue weighted by Crippen LogP contribution is -1.94. The number of benzene rings is 2. The molecule has 0 aliphatic rings. The summed E-state index contributed by atoms with van der Waals surface area (Å²) in [6, 6.07) is 10.2. The van der Waals surface area contributed by atoms with Crippen molar-refractivity contribution in [3.8, 4) is 28.4 Å². The molecule has 20 heavy (non-hydrogen) atoms. The standard InChI is InChI=1S/C14H10FN3O2/c15-10-2-4-11(5-3-10)18-8-12(16-17-18)9-1-6-13(19)14(20)7-9/h1-8,19-20H. The lowest BCUT2D eigenvalue weighted by molar-refractivity contribution is 0.404. The summed E-state index contributed by atoms with van der Waals surface area (Å²) in [6.07, 6.45) is 1.65. The lowest BCUT2D eigenvalue weighted by atomic mass is 10.1. The fourth-order valence-corrected chi connectivity index (χ4v) is 1.80. The molecule has 0 fully saturated rings. The van der Waals surface area contributed by atoms with Crippen molar-refractivity contribution in [2.24, 2.45) is 0 Å². The lowest BCUT2D eigenvalue weighted by Gasteiger charge is -2.00. The van der Waals surface area contributed by atoms with E-state index < -0.39 is 0 Å². The van der Waals surface area contributed by atoms with Crippen molar-refractivity contribution in [1.29, 1.82) is 0 Å². The smallest absolute Gasteiger partial charge is 0.158 e. The number of phenols is 2. The molecule has 0 amide bonds. The molecular formula is C14H10FN3O2. The van der Waals surface area contributed by atoms with E-state index in [0.717, 1.165) is 0 Å². The number of halogens is 1. The van der Waals surface area contributed by atoms with Crippen molar-refractivity contribution in [2.45, 2.75) is 0 Å². The van der Waals surface area contributed by atoms with Crippen LogP contribution in [0.25, 0.3) is 16.9 Å². The molecular weight excluding hydrogens is 261 g/mol. The Morgan fingerprint density at radius 3 is 2.40 bits per heavy atom. The molecule has 0 saturated heterocycles. The summed E-state index contributed by atoms with van der Waals surface area (Å²) in [5.74, 6) is -0.740. The third kappa shape index (κ3) is 2.18. The van der Waals surface area contributed by atoms with Crippen LogP contribution in [-0.4, -0.2) is 25.2 Å². The van der Waals surface area contributed by atoms with Crippen LogP contribution in [0, 0.1) is 5.82 Å². The number of hydrogen-bond donors (Lipinski definition) is 2. The van der Waals surface area contributed by atoms with Gasteiger partial charge in [-0.05, 0) is 42.5 Å². The van der Waals surface area contributed by atoms with Gasteiger partial charge in [-0.3, -0.25) is 0 Å². The Morgan fingerprint density at radius 2 is 1.70 bits per heavy atom. The van der Waals surface area contributed by atoms with E-state index in [-0.39, 0.29) is 17.3 Å². The Hall–Kier alpha value is -2.89. The Labute approximate surface area is 113 Å². The van der Waals surface area contributed by atoms with Crippen LogP contribution in [-0.2, 0) is 0 Å². The summed E-state index contributed by atoms with van der Waals surface area (Å²) < 4.78 is 14.4. The van der Waals surface area contributed by atoms with Crippen LogP contribution in [0.1, 0.15) is 0 Å². The SMILES string of the molecule is Oc1ccc(-c2cn(-c3ccc(F)cc3)nn2)cc1O. The predicted octanol–water partition coefficient (Wildman–Crippen LogP) is 2.48. The Balaban J connectivity index is 1.97. The van der Waals surface area contributed by atoms with Gasteiger partial charge in [0.2, 0.25) is 0 Å². The van der Waals surface area contributed by atoms with Crippen LogP contribution in [0.3, 0.4) is 0 Å². The number of aromatic hydroxyl groups is 2. The third-order valence-electron chi connectivity index (χ3n) is 2.86. The molecule has 0 unspecified atom stereocenters. The fourth-order valence-electron chi connectivity index (χ4n) is 1.80. The molecule has 1 heterocycles. The Morgan fingerprint density at radius 1 is 0.950 bits per heavy atom. The summed E-state index contributed by atoms with van der Waals surface area (Å²) in [4.78, 5) is 0. The number of rotatable bonds is 2. The second-order valence-corrected chi connectivity index (χ2v) is 4.23. The molecule has 0 bridgehead atoms. The second-order valence-electron chi connectivity index (χ2n) is 4.23. The van der Waals surface area contributed by atoms with Crippen molar-refractivity contribution in [2.75, 3.05) is 0 Å². The fraction of sp³-hybridized carbons (Fsp3) is 0. The van der Waals surface area contributed by atoms with Crippen LogP contribution in [0.4, 0.5) is 4.39 Å². The third-order valence-corrected chi connectivity index (χ3v) is 2.86. The molecule has 0 radical (unpaired) electrons. The molecule has 0 aliphatic carbocycles. The van der Waals surface area contributed by atoms with Gasteiger partial charge in [-0.25, -0.2) is 9.07 Å². The van der Waals surface area contributed by atoms with Gasteiger partial charge >= 0.3 is 0 Å². The maximum atomic E-state index is 12.9. The molecule has 0 saturated carbocycles. The maximum Gasteiger partial charge on any atom is 0.158 e. The topological polar surface area (TPSA) is 71.2 Å². The summed E-state index contributed by atoms with van der Waals surface area (Å²) in [5, 5.41) is 26.7. The van der Waals surface area contributed by atoms with E-state index in [2.05, 4.69) is 10.3 Å². The highest BCUT2D eigenvalue weighted by Crippen LogP contribution is 2.29. The van der Waals surface area contributed by atoms with Gasteiger partial charge in [0, 0.05) is 5.56 Å². The number of phenolic OH excluding ortho intramolecular Hbond substituents is 2. The maximum absolute atomic E-state index is 12.9. The first-order valence-electron chi connectivity index (χ1n) is 5.84. The second kappa shape index (κ2) is 4.65. The van der Waals surface area contributed by atoms with Gasteiger partial charge in [-0.2, -0.15) is 0 Å². The van der Waals surface area contributed by atoms with E-state index in [1.165, 1.54) is 28.9 Å². The normalized spacial score (nSPS) is 10.7. The van der Waals surface area contributed by atoms with Crippen LogP contribution >= 0.6 is 0 Å². The highest BCUT2D eigenvalue weighted by Gasteiger charge is 2.08. The van der Waals surface area contributed by atoms with E-state index >= 15 is 0 Å². The van der Waals surface area contributed by atoms with E-state index in [1.54, 1.807) is 24.4 Å². The van der Waals surface area contributed by atoms with Gasteiger partial charge in [0.25, 0.3) is 0 Å². The molecule has 0 spiro atoms. The minimum atomic E-state index is -0.322. The van der Waals surface area contributed by atoms with Crippen molar-refractivity contribution in [1.82, 2.24) is 15.0 Å². The molecule has 6 heteroatoms. The number of hydrogen-bond acceptors (Lipinski definition) is 4. The molecule has 0 aliphatic heterocycles. The highest BCUT2D eigenvalue weighted by molar-refractivity contribution is 5.62. The largest absolute Gasteiger partial charge is 0.504 e. The molecule has 3 rings (SSSR count). The van der Waals surface area contributed by atoms with Gasteiger partial charge in [0.1, 0.15) is 11.5 Å². The molecule has 2 N–H and O–H groups in total. The summed E-state index contributed by atoms with van der Waals surface area (Å²) in [7, 11) is 0. The first-order valence-corrected chi connectivity index (χ1v) is 5.84. The first kappa shape index (κ1) is 12.2. The number of nitrogens with zero attached hydrogens (tertiary/aromatic N) is 3. The first-order chi connectivity index (χ1) is 9.63. The van der Waals surface area contributed by atoms with Crippen molar-refractivity contribution in [3.63, 3.8) is 0 Å². The molecule has 3 aromatic rings. The van der Waals surface area contributed by atoms with Crippen molar-refractivity contribution < 1.29 is 14.6 Å². The molecule has 1 aromatic heterocycles. The summed E-state index contributed by atoms with van der Waals surface area (Å²) >= 11 is 0. The van der Waals surface area contributed by atoms with E-state index in [0.29, 0.717) is 16.9 Å². The zero-order valence-corrected chi connectivity index (χ0v) is 10.2. The zero-order valence-electron chi connectivity index (χ0n) is 10.2. The van der Waals surface area contributed by atoms with Gasteiger partial charge in [-0.1, -0.05) is 5.21 Å². The summed E-state index contributed by atoms with van der Waals surface area (Å²) in [6.45, 7) is 0. The van der Waals surface area contributed by atoms with E-state index in [9.17, 15) is 14.6 Å². The predicted molar refractivity (Wildman–Crippen MR) is 70.1 cm³/mol. The average Bonchev–Trinajstić information content (AvgIpc) is 2.92. The van der Waals surface area contributed by atoms with Crippen LogP contribution < -0.4 is 0 Å². The average molecular weight is 271 g/mol. The van der Waals surface area contributed by atoms with Crippen LogP contribution in [0.15, 0.2) is 48.7 Å². The van der Waals surface area contributed by atoms with Gasteiger partial charge in [0.15, 0.2) is 11.5 Å². The zero-order chi connectivity index (χ0) is 14.1. The van der Waals surface area contributed by atoms with Gasteiger partial charge in [-0.15, -0.1) is 5.10 Å². The monoisotopic (exact) mass is 271 g/mol. The molecule has 0 atom stereocenters. The molecule has 5 nitrogen and oxygen atoms in total. The van der Waals surface area contributed by atoms with Crippen molar-refractivity contribution >= 4 is 0 Å².